The van der Waals surface area contributed by atoms with Crippen LogP contribution >= 0.6 is 31.9 Å². The van der Waals surface area contributed by atoms with E-state index in [2.05, 4.69) is 37.3 Å². The molecule has 0 saturated carbocycles. The summed E-state index contributed by atoms with van der Waals surface area (Å²) in [6, 6.07) is 22.1. The molecule has 0 bridgehead atoms. The van der Waals surface area contributed by atoms with Crippen LogP contribution in [0.1, 0.15) is 11.1 Å². The van der Waals surface area contributed by atoms with E-state index in [1.807, 2.05) is 42.5 Å². The van der Waals surface area contributed by atoms with E-state index in [1.54, 1.807) is 36.4 Å². The second-order valence-corrected chi connectivity index (χ2v) is 8.34. The van der Waals surface area contributed by atoms with Crippen molar-refractivity contribution in [2.75, 3.05) is 5.01 Å². The standard InChI is InChI=1S/C23H16Br2N2O3/c24-17-10-9-16(21(25)13-17)14-30-19-8-4-5-15(11-19)12-20-22(28)26-27(23(20)29)18-6-2-1-3-7-18/h1-13H,14H2,(H,26,28)/b20-12-. The minimum Gasteiger partial charge on any atom is -0.489 e. The van der Waals surface area contributed by atoms with Crippen LogP contribution in [-0.2, 0) is 16.2 Å². The number of carbonyl (C=O) groups is 2. The van der Waals surface area contributed by atoms with Crippen LogP contribution in [0.25, 0.3) is 6.08 Å². The fourth-order valence-electron chi connectivity index (χ4n) is 2.98. The molecule has 1 aliphatic heterocycles. The lowest BCUT2D eigenvalue weighted by Gasteiger charge is -2.13. The van der Waals surface area contributed by atoms with Crippen LogP contribution < -0.4 is 15.2 Å². The predicted molar refractivity (Wildman–Crippen MR) is 123 cm³/mol. The summed E-state index contributed by atoms with van der Waals surface area (Å²) in [7, 11) is 0. The molecule has 0 aromatic heterocycles. The van der Waals surface area contributed by atoms with Gasteiger partial charge in [0.2, 0.25) is 0 Å². The van der Waals surface area contributed by atoms with Crippen LogP contribution in [0.15, 0.2) is 87.3 Å². The zero-order valence-corrected chi connectivity index (χ0v) is 18.8. The Bertz CT molecular complexity index is 1150. The number of para-hydroxylation sites is 1. The number of carbonyl (C=O) groups excluding carboxylic acids is 2. The number of ether oxygens (including phenoxy) is 1. The highest BCUT2D eigenvalue weighted by molar-refractivity contribution is 9.11. The van der Waals surface area contributed by atoms with Gasteiger partial charge in [0, 0.05) is 14.5 Å². The molecule has 4 rings (SSSR count). The van der Waals surface area contributed by atoms with Gasteiger partial charge in [-0.2, -0.15) is 0 Å². The highest BCUT2D eigenvalue weighted by atomic mass is 79.9. The van der Waals surface area contributed by atoms with Gasteiger partial charge in [0.25, 0.3) is 11.8 Å². The summed E-state index contributed by atoms with van der Waals surface area (Å²) in [4.78, 5) is 25.1. The van der Waals surface area contributed by atoms with Crippen LogP contribution in [0.3, 0.4) is 0 Å². The topological polar surface area (TPSA) is 58.6 Å². The molecule has 1 fully saturated rings. The molecule has 30 heavy (non-hydrogen) atoms. The van der Waals surface area contributed by atoms with Gasteiger partial charge in [0.15, 0.2) is 0 Å². The molecule has 0 atom stereocenters. The summed E-state index contributed by atoms with van der Waals surface area (Å²) in [6.45, 7) is 0.384. The number of nitrogens with zero attached hydrogens (tertiary/aromatic N) is 1. The molecule has 1 aliphatic rings. The van der Waals surface area contributed by atoms with Gasteiger partial charge in [-0.15, -0.1) is 0 Å². The second-order valence-electron chi connectivity index (χ2n) is 6.57. The number of anilines is 1. The average Bonchev–Trinajstić information content (AvgIpc) is 3.02. The summed E-state index contributed by atoms with van der Waals surface area (Å²) in [6.07, 6.45) is 1.57. The molecular weight excluding hydrogens is 512 g/mol. The third-order valence-electron chi connectivity index (χ3n) is 4.48. The third-order valence-corrected chi connectivity index (χ3v) is 5.72. The molecule has 1 saturated heterocycles. The highest BCUT2D eigenvalue weighted by Gasteiger charge is 2.34. The van der Waals surface area contributed by atoms with Gasteiger partial charge in [-0.05, 0) is 48.0 Å². The molecule has 0 radical (unpaired) electrons. The molecule has 0 unspecified atom stereocenters. The van der Waals surface area contributed by atoms with Crippen molar-refractivity contribution in [1.29, 1.82) is 0 Å². The van der Waals surface area contributed by atoms with E-state index in [0.29, 0.717) is 23.6 Å². The Morgan fingerprint density at radius 1 is 0.933 bits per heavy atom. The molecule has 5 nitrogen and oxygen atoms in total. The van der Waals surface area contributed by atoms with Crippen molar-refractivity contribution in [3.8, 4) is 5.75 Å². The lowest BCUT2D eigenvalue weighted by Crippen LogP contribution is -2.35. The number of hydrogen-bond donors (Lipinski definition) is 1. The number of amides is 2. The molecule has 1 heterocycles. The summed E-state index contributed by atoms with van der Waals surface area (Å²) < 4.78 is 7.82. The lowest BCUT2D eigenvalue weighted by atomic mass is 10.1. The number of nitrogens with one attached hydrogen (secondary N) is 1. The minimum absolute atomic E-state index is 0.0756. The number of benzene rings is 3. The van der Waals surface area contributed by atoms with Crippen LogP contribution in [0.2, 0.25) is 0 Å². The first kappa shape index (κ1) is 20.4. The monoisotopic (exact) mass is 526 g/mol. The molecule has 0 aliphatic carbocycles. The Kier molecular flexibility index (Phi) is 6.01. The van der Waals surface area contributed by atoms with Crippen LogP contribution in [0.5, 0.6) is 5.75 Å². The van der Waals surface area contributed by atoms with Crippen molar-refractivity contribution in [3.05, 3.63) is 98.4 Å². The Balaban J connectivity index is 1.51. The Morgan fingerprint density at radius 3 is 2.50 bits per heavy atom. The van der Waals surface area contributed by atoms with Gasteiger partial charge in [0.05, 0.1) is 5.69 Å². The fourth-order valence-corrected chi connectivity index (χ4v) is 4.14. The summed E-state index contributed by atoms with van der Waals surface area (Å²) in [5.74, 6) is -0.185. The Hall–Kier alpha value is -2.90. The second kappa shape index (κ2) is 8.85. The van der Waals surface area contributed by atoms with Crippen LogP contribution in [-0.4, -0.2) is 11.8 Å². The van der Waals surface area contributed by atoms with E-state index < -0.39 is 11.8 Å². The molecule has 2 amide bonds. The van der Waals surface area contributed by atoms with Crippen molar-refractivity contribution < 1.29 is 14.3 Å². The average molecular weight is 528 g/mol. The van der Waals surface area contributed by atoms with E-state index >= 15 is 0 Å². The van der Waals surface area contributed by atoms with Crippen molar-refractivity contribution in [3.63, 3.8) is 0 Å². The molecule has 1 N–H and O–H groups in total. The third kappa shape index (κ3) is 4.47. The van der Waals surface area contributed by atoms with E-state index in [9.17, 15) is 9.59 Å². The first-order chi connectivity index (χ1) is 14.5. The molecular formula is C23H16Br2N2O3. The van der Waals surface area contributed by atoms with Gasteiger partial charge in [-0.25, -0.2) is 5.01 Å². The van der Waals surface area contributed by atoms with Crippen molar-refractivity contribution >= 4 is 55.4 Å². The largest absolute Gasteiger partial charge is 0.489 e. The first-order valence-electron chi connectivity index (χ1n) is 9.10. The molecule has 3 aromatic rings. The van der Waals surface area contributed by atoms with E-state index in [1.165, 1.54) is 5.01 Å². The molecule has 150 valence electrons. The normalized spacial score (nSPS) is 14.9. The first-order valence-corrected chi connectivity index (χ1v) is 10.7. The maximum absolute atomic E-state index is 12.7. The van der Waals surface area contributed by atoms with Crippen molar-refractivity contribution in [1.82, 2.24) is 5.43 Å². The van der Waals surface area contributed by atoms with Crippen LogP contribution in [0, 0.1) is 0 Å². The van der Waals surface area contributed by atoms with Gasteiger partial charge in [0.1, 0.15) is 17.9 Å². The highest BCUT2D eigenvalue weighted by Crippen LogP contribution is 2.25. The Labute approximate surface area is 190 Å². The van der Waals surface area contributed by atoms with Crippen molar-refractivity contribution in [2.45, 2.75) is 6.61 Å². The fraction of sp³-hybridized carbons (Fsp3) is 0.0435. The Morgan fingerprint density at radius 2 is 1.73 bits per heavy atom. The maximum atomic E-state index is 12.7. The number of hydrogen-bond acceptors (Lipinski definition) is 3. The number of halogens is 2. The van der Waals surface area contributed by atoms with E-state index in [4.69, 9.17) is 4.74 Å². The number of rotatable bonds is 5. The predicted octanol–water partition coefficient (Wildman–Crippen LogP) is 5.25. The van der Waals surface area contributed by atoms with Crippen LogP contribution in [0.4, 0.5) is 5.69 Å². The number of hydrazine groups is 1. The zero-order valence-electron chi connectivity index (χ0n) is 15.6. The quantitative estimate of drug-likeness (QED) is 0.364. The summed E-state index contributed by atoms with van der Waals surface area (Å²) in [5, 5.41) is 1.25. The summed E-state index contributed by atoms with van der Waals surface area (Å²) in [5.41, 5.74) is 4.99. The van der Waals surface area contributed by atoms with Gasteiger partial charge >= 0.3 is 0 Å². The zero-order chi connectivity index (χ0) is 21.1. The van der Waals surface area contributed by atoms with E-state index in [0.717, 1.165) is 14.5 Å². The summed E-state index contributed by atoms with van der Waals surface area (Å²) >= 11 is 6.96. The van der Waals surface area contributed by atoms with E-state index in [-0.39, 0.29) is 5.57 Å². The van der Waals surface area contributed by atoms with Crippen molar-refractivity contribution in [2.24, 2.45) is 0 Å². The molecule has 3 aromatic carbocycles. The minimum atomic E-state index is -0.436. The van der Waals surface area contributed by atoms with Gasteiger partial charge in [-0.3, -0.25) is 15.0 Å². The van der Waals surface area contributed by atoms with Gasteiger partial charge in [-0.1, -0.05) is 68.3 Å². The smallest absolute Gasteiger partial charge is 0.282 e. The SMILES string of the molecule is O=C1NN(c2ccccc2)C(=O)/C1=C\c1cccc(OCc2ccc(Br)cc2Br)c1. The lowest BCUT2D eigenvalue weighted by molar-refractivity contribution is -0.117. The molecule has 0 spiro atoms. The molecule has 7 heteroatoms. The van der Waals surface area contributed by atoms with Gasteiger partial charge < -0.3 is 4.74 Å². The maximum Gasteiger partial charge on any atom is 0.282 e.